The van der Waals surface area contributed by atoms with Crippen LogP contribution >= 0.6 is 11.8 Å². The highest BCUT2D eigenvalue weighted by molar-refractivity contribution is 8.18. The van der Waals surface area contributed by atoms with Crippen LogP contribution in [0.15, 0.2) is 59.6 Å². The first-order valence-corrected chi connectivity index (χ1v) is 11.2. The van der Waals surface area contributed by atoms with Gasteiger partial charge in [0.25, 0.3) is 11.1 Å². The zero-order chi connectivity index (χ0) is 25.1. The normalized spacial score (nSPS) is 14.5. The molecule has 0 spiro atoms. The van der Waals surface area contributed by atoms with Crippen LogP contribution < -0.4 is 11.1 Å². The van der Waals surface area contributed by atoms with Crippen LogP contribution in [0.4, 0.5) is 10.5 Å². The molecule has 0 radical (unpaired) electrons. The largest absolute Gasteiger partial charge is 0.465 e. The lowest BCUT2D eigenvalue weighted by molar-refractivity contribution is -0.127. The molecule has 10 nitrogen and oxygen atoms in total. The molecular weight excluding hydrogens is 472 g/mol. The molecule has 11 heteroatoms. The number of nitrogens with two attached hydrogens (primary N) is 1. The van der Waals surface area contributed by atoms with Gasteiger partial charge in [-0.15, -0.1) is 0 Å². The number of ether oxygens (including phenoxy) is 1. The van der Waals surface area contributed by atoms with Crippen molar-refractivity contribution in [1.29, 1.82) is 0 Å². The molecule has 1 aliphatic rings. The summed E-state index contributed by atoms with van der Waals surface area (Å²) in [5.41, 5.74) is 7.40. The summed E-state index contributed by atoms with van der Waals surface area (Å²) in [5.74, 6) is -2.15. The number of rotatable bonds is 7. The predicted molar refractivity (Wildman–Crippen MR) is 130 cm³/mol. The molecule has 0 atom stereocenters. The van der Waals surface area contributed by atoms with Gasteiger partial charge in [0.1, 0.15) is 13.1 Å². The van der Waals surface area contributed by atoms with E-state index >= 15 is 0 Å². The van der Waals surface area contributed by atoms with Crippen LogP contribution in [0.1, 0.15) is 15.9 Å². The van der Waals surface area contributed by atoms with Gasteiger partial charge in [0.2, 0.25) is 11.8 Å². The number of methoxy groups -OCH3 is 1. The van der Waals surface area contributed by atoms with E-state index in [-0.39, 0.29) is 17.4 Å². The van der Waals surface area contributed by atoms with Gasteiger partial charge >= 0.3 is 5.97 Å². The number of thioether (sulfide) groups is 1. The molecule has 0 unspecified atom stereocenters. The summed E-state index contributed by atoms with van der Waals surface area (Å²) in [6, 6.07) is 13.6. The van der Waals surface area contributed by atoms with Crippen LogP contribution in [0.3, 0.4) is 0 Å². The Morgan fingerprint density at radius 3 is 2.46 bits per heavy atom. The standard InChI is InChI=1S/C24H20N4O6S/c1-34-23(32)14-6-8-16(9-7-14)26-21(30)13-27-11-15(17-4-2-3-5-18(17)27)10-19-22(31)28(12-20(25)29)24(33)35-19/h2-11H,12-13H2,1H3,(H2,25,29)(H,26,30)/b19-10-. The zero-order valence-electron chi connectivity index (χ0n) is 18.5. The minimum absolute atomic E-state index is 0.0176. The Morgan fingerprint density at radius 2 is 1.77 bits per heavy atom. The number of aromatic nitrogens is 1. The SMILES string of the molecule is COC(=O)c1ccc(NC(=O)Cn2cc(/C=C3\SC(=O)N(CC(N)=O)C3=O)c3ccccc32)cc1. The smallest absolute Gasteiger partial charge is 0.337 e. The Hall–Kier alpha value is -4.38. The minimum Gasteiger partial charge on any atom is -0.465 e. The van der Waals surface area contributed by atoms with Crippen molar-refractivity contribution in [3.8, 4) is 0 Å². The van der Waals surface area contributed by atoms with Crippen LogP contribution in [0.2, 0.25) is 0 Å². The third-order valence-corrected chi connectivity index (χ3v) is 6.10. The van der Waals surface area contributed by atoms with Gasteiger partial charge < -0.3 is 20.4 Å². The summed E-state index contributed by atoms with van der Waals surface area (Å²) in [7, 11) is 1.29. The first-order chi connectivity index (χ1) is 16.8. The van der Waals surface area contributed by atoms with Gasteiger partial charge in [0.15, 0.2) is 0 Å². The van der Waals surface area contributed by atoms with Crippen LogP contribution in [0.5, 0.6) is 0 Å². The number of para-hydroxylation sites is 1. The Bertz CT molecular complexity index is 1390. The van der Waals surface area contributed by atoms with Gasteiger partial charge in [0, 0.05) is 28.4 Å². The lowest BCUT2D eigenvalue weighted by Crippen LogP contribution is -2.36. The Morgan fingerprint density at radius 1 is 1.06 bits per heavy atom. The molecule has 3 N–H and O–H groups in total. The molecule has 178 valence electrons. The fourth-order valence-corrected chi connectivity index (χ4v) is 4.45. The first-order valence-electron chi connectivity index (χ1n) is 10.4. The minimum atomic E-state index is -0.781. The van der Waals surface area contributed by atoms with Gasteiger partial charge in [0.05, 0.1) is 17.6 Å². The van der Waals surface area contributed by atoms with Crippen molar-refractivity contribution < 1.29 is 28.7 Å². The highest BCUT2D eigenvalue weighted by atomic mass is 32.2. The average Bonchev–Trinajstić information content (AvgIpc) is 3.30. The maximum Gasteiger partial charge on any atom is 0.337 e. The third kappa shape index (κ3) is 5.09. The lowest BCUT2D eigenvalue weighted by Gasteiger charge is -2.08. The quantitative estimate of drug-likeness (QED) is 0.381. The molecule has 0 bridgehead atoms. The molecule has 0 aliphatic carbocycles. The number of hydrogen-bond acceptors (Lipinski definition) is 7. The van der Waals surface area contributed by atoms with E-state index in [4.69, 9.17) is 5.73 Å². The van der Waals surface area contributed by atoms with Crippen LogP contribution in [-0.2, 0) is 25.7 Å². The van der Waals surface area contributed by atoms with Crippen molar-refractivity contribution in [3.63, 3.8) is 0 Å². The van der Waals surface area contributed by atoms with Gasteiger partial charge in [-0.3, -0.25) is 24.1 Å². The van der Waals surface area contributed by atoms with E-state index in [0.29, 0.717) is 16.8 Å². The number of imide groups is 1. The second-order valence-corrected chi connectivity index (χ2v) is 8.57. The number of anilines is 1. The Kier molecular flexibility index (Phi) is 6.69. The predicted octanol–water partition coefficient (Wildman–Crippen LogP) is 2.59. The average molecular weight is 493 g/mol. The fraction of sp³-hybridized carbons (Fsp3) is 0.125. The second kappa shape index (κ2) is 9.85. The molecule has 1 aromatic heterocycles. The number of carbonyl (C=O) groups is 5. The number of nitrogens with one attached hydrogen (secondary N) is 1. The third-order valence-electron chi connectivity index (χ3n) is 5.20. The first kappa shape index (κ1) is 23.8. The maximum atomic E-state index is 12.7. The summed E-state index contributed by atoms with van der Waals surface area (Å²) in [5, 5.41) is 2.99. The molecule has 1 aliphatic heterocycles. The summed E-state index contributed by atoms with van der Waals surface area (Å²) >= 11 is 0.726. The molecule has 35 heavy (non-hydrogen) atoms. The fourth-order valence-electron chi connectivity index (χ4n) is 3.62. The van der Waals surface area contributed by atoms with Gasteiger partial charge in [-0.25, -0.2) is 4.79 Å². The van der Waals surface area contributed by atoms with Crippen LogP contribution in [0.25, 0.3) is 17.0 Å². The molecule has 0 saturated carbocycles. The highest BCUT2D eigenvalue weighted by Gasteiger charge is 2.36. The van der Waals surface area contributed by atoms with Crippen molar-refractivity contribution in [2.24, 2.45) is 5.73 Å². The van der Waals surface area contributed by atoms with Crippen molar-refractivity contribution in [1.82, 2.24) is 9.47 Å². The maximum absolute atomic E-state index is 12.7. The van der Waals surface area contributed by atoms with Gasteiger partial charge in [-0.1, -0.05) is 18.2 Å². The van der Waals surface area contributed by atoms with E-state index < -0.39 is 29.6 Å². The van der Waals surface area contributed by atoms with E-state index in [1.807, 2.05) is 24.3 Å². The number of hydrogen-bond donors (Lipinski definition) is 2. The number of carbonyl (C=O) groups excluding carboxylic acids is 5. The van der Waals surface area contributed by atoms with Gasteiger partial charge in [-0.05, 0) is 48.2 Å². The molecule has 4 rings (SSSR count). The number of nitrogens with zero attached hydrogens (tertiary/aromatic N) is 2. The van der Waals surface area contributed by atoms with Crippen LogP contribution in [-0.4, -0.2) is 52.1 Å². The Balaban J connectivity index is 1.55. The number of primary amides is 1. The van der Waals surface area contributed by atoms with E-state index in [0.717, 1.165) is 27.6 Å². The summed E-state index contributed by atoms with van der Waals surface area (Å²) in [6.07, 6.45) is 3.28. The summed E-state index contributed by atoms with van der Waals surface area (Å²) in [4.78, 5) is 61.1. The van der Waals surface area contributed by atoms with E-state index in [1.165, 1.54) is 7.11 Å². The molecule has 2 aromatic carbocycles. The number of esters is 1. The van der Waals surface area contributed by atoms with Crippen LogP contribution in [0, 0.1) is 0 Å². The van der Waals surface area contributed by atoms with E-state index in [9.17, 15) is 24.0 Å². The van der Waals surface area contributed by atoms with E-state index in [1.54, 1.807) is 41.1 Å². The van der Waals surface area contributed by atoms with Crippen molar-refractivity contribution >= 4 is 63.4 Å². The van der Waals surface area contributed by atoms with Crippen molar-refractivity contribution in [2.75, 3.05) is 19.0 Å². The summed E-state index contributed by atoms with van der Waals surface area (Å²) in [6.45, 7) is -0.499. The summed E-state index contributed by atoms with van der Waals surface area (Å²) < 4.78 is 6.39. The number of benzene rings is 2. The number of fused-ring (bicyclic) bond motifs is 1. The molecular formula is C24H20N4O6S. The van der Waals surface area contributed by atoms with Gasteiger partial charge in [-0.2, -0.15) is 0 Å². The lowest BCUT2D eigenvalue weighted by atomic mass is 10.1. The molecule has 4 amide bonds. The Labute approximate surface area is 203 Å². The zero-order valence-corrected chi connectivity index (χ0v) is 19.3. The number of amides is 4. The van der Waals surface area contributed by atoms with Crippen molar-refractivity contribution in [2.45, 2.75) is 6.54 Å². The van der Waals surface area contributed by atoms with Crippen molar-refractivity contribution in [3.05, 3.63) is 70.8 Å². The topological polar surface area (TPSA) is 141 Å². The molecule has 3 aromatic rings. The molecule has 1 saturated heterocycles. The molecule has 1 fully saturated rings. The van der Waals surface area contributed by atoms with E-state index in [2.05, 4.69) is 10.1 Å². The monoisotopic (exact) mass is 492 g/mol. The highest BCUT2D eigenvalue weighted by Crippen LogP contribution is 2.34. The molecule has 2 heterocycles. The second-order valence-electron chi connectivity index (χ2n) is 7.58.